The first kappa shape index (κ1) is 14.8. The van der Waals surface area contributed by atoms with E-state index in [-0.39, 0.29) is 12.0 Å². The van der Waals surface area contributed by atoms with Gasteiger partial charge in [0.25, 0.3) is 0 Å². The SMILES string of the molecule is BC(C)CC(CC(=O)OC)NCc1ccccc1. The number of benzene rings is 1. The van der Waals surface area contributed by atoms with E-state index in [9.17, 15) is 4.79 Å². The minimum Gasteiger partial charge on any atom is -0.469 e. The molecule has 0 amide bonds. The van der Waals surface area contributed by atoms with Gasteiger partial charge >= 0.3 is 5.97 Å². The maximum atomic E-state index is 11.4. The average molecular weight is 247 g/mol. The molecule has 98 valence electrons. The number of ether oxygens (including phenoxy) is 1. The highest BCUT2D eigenvalue weighted by Crippen LogP contribution is 2.12. The van der Waals surface area contributed by atoms with Crippen LogP contribution in [0.3, 0.4) is 0 Å². The van der Waals surface area contributed by atoms with Gasteiger partial charge in [0.2, 0.25) is 0 Å². The minimum atomic E-state index is -0.152. The highest BCUT2D eigenvalue weighted by Gasteiger charge is 2.15. The predicted molar refractivity (Wildman–Crippen MR) is 76.3 cm³/mol. The molecule has 0 radical (unpaired) electrons. The van der Waals surface area contributed by atoms with Crippen LogP contribution in [0.1, 0.15) is 25.3 Å². The Morgan fingerprint density at radius 2 is 2.06 bits per heavy atom. The quantitative estimate of drug-likeness (QED) is 0.586. The fourth-order valence-corrected chi connectivity index (χ4v) is 1.95. The van der Waals surface area contributed by atoms with E-state index in [1.807, 2.05) is 18.2 Å². The summed E-state index contributed by atoms with van der Waals surface area (Å²) in [6.45, 7) is 2.95. The van der Waals surface area contributed by atoms with E-state index in [4.69, 9.17) is 4.74 Å². The van der Waals surface area contributed by atoms with Gasteiger partial charge in [-0.05, 0) is 12.0 Å². The van der Waals surface area contributed by atoms with Gasteiger partial charge in [-0.15, -0.1) is 0 Å². The van der Waals surface area contributed by atoms with Gasteiger partial charge < -0.3 is 10.1 Å². The van der Waals surface area contributed by atoms with Crippen LogP contribution < -0.4 is 5.32 Å². The van der Waals surface area contributed by atoms with E-state index in [0.29, 0.717) is 12.2 Å². The summed E-state index contributed by atoms with van der Waals surface area (Å²) < 4.78 is 4.74. The van der Waals surface area contributed by atoms with Crippen molar-refractivity contribution >= 4 is 13.8 Å². The lowest BCUT2D eigenvalue weighted by Gasteiger charge is -2.19. The summed E-state index contributed by atoms with van der Waals surface area (Å²) in [5.41, 5.74) is 1.23. The van der Waals surface area contributed by atoms with Crippen LogP contribution in [0.4, 0.5) is 0 Å². The van der Waals surface area contributed by atoms with E-state index >= 15 is 0 Å². The van der Waals surface area contributed by atoms with Gasteiger partial charge in [-0.3, -0.25) is 4.79 Å². The number of methoxy groups -OCH3 is 1. The summed E-state index contributed by atoms with van der Waals surface area (Å²) in [6, 6.07) is 10.4. The van der Waals surface area contributed by atoms with Gasteiger partial charge in [0.1, 0.15) is 7.85 Å². The molecule has 0 heterocycles. The molecule has 3 nitrogen and oxygen atoms in total. The molecule has 0 aromatic heterocycles. The third kappa shape index (κ3) is 5.87. The number of hydrogen-bond donors (Lipinski definition) is 1. The van der Waals surface area contributed by atoms with Gasteiger partial charge in [-0.1, -0.05) is 43.1 Å². The number of nitrogens with one attached hydrogen (secondary N) is 1. The summed E-state index contributed by atoms with van der Waals surface area (Å²) in [5, 5.41) is 3.43. The van der Waals surface area contributed by atoms with E-state index in [2.05, 4.69) is 32.2 Å². The van der Waals surface area contributed by atoms with Crippen LogP contribution >= 0.6 is 0 Å². The molecule has 1 aromatic carbocycles. The van der Waals surface area contributed by atoms with Gasteiger partial charge in [0, 0.05) is 12.6 Å². The molecule has 2 atom stereocenters. The lowest BCUT2D eigenvalue weighted by molar-refractivity contribution is -0.141. The van der Waals surface area contributed by atoms with Crippen LogP contribution in [0.15, 0.2) is 30.3 Å². The summed E-state index contributed by atoms with van der Waals surface area (Å²) in [5.74, 6) is 0.407. The Bertz CT molecular complexity index is 354. The van der Waals surface area contributed by atoms with Crippen molar-refractivity contribution in [2.45, 2.75) is 38.2 Å². The topological polar surface area (TPSA) is 38.3 Å². The number of carbonyl (C=O) groups excluding carboxylic acids is 1. The van der Waals surface area contributed by atoms with Crippen molar-refractivity contribution in [3.8, 4) is 0 Å². The first-order valence-corrected chi connectivity index (χ1v) is 6.46. The zero-order valence-corrected chi connectivity index (χ0v) is 11.5. The lowest BCUT2D eigenvalue weighted by Crippen LogP contribution is -2.32. The molecule has 0 spiro atoms. The Balaban J connectivity index is 2.47. The van der Waals surface area contributed by atoms with Crippen LogP contribution in [0.5, 0.6) is 0 Å². The maximum absolute atomic E-state index is 11.4. The molecule has 0 aliphatic rings. The van der Waals surface area contributed by atoms with Crippen molar-refractivity contribution < 1.29 is 9.53 Å². The monoisotopic (exact) mass is 247 g/mol. The molecule has 18 heavy (non-hydrogen) atoms. The first-order chi connectivity index (χ1) is 8.61. The Kier molecular flexibility index (Phi) is 6.51. The Morgan fingerprint density at radius 1 is 1.39 bits per heavy atom. The predicted octanol–water partition coefficient (Wildman–Crippen LogP) is 1.54. The molecule has 0 bridgehead atoms. The second kappa shape index (κ2) is 7.93. The second-order valence-electron chi connectivity index (χ2n) is 4.97. The Labute approximate surface area is 110 Å². The fourth-order valence-electron chi connectivity index (χ4n) is 1.95. The molecule has 4 heteroatoms. The van der Waals surface area contributed by atoms with E-state index in [1.165, 1.54) is 12.7 Å². The van der Waals surface area contributed by atoms with Crippen LogP contribution in [-0.2, 0) is 16.1 Å². The number of rotatable bonds is 7. The Morgan fingerprint density at radius 3 is 2.61 bits per heavy atom. The standard InChI is InChI=1S/C14H22BNO2/c1-11(15)8-13(9-14(17)18-2)16-10-12-6-4-3-5-7-12/h3-7,11,13,16H,8-10,15H2,1-2H3. The van der Waals surface area contributed by atoms with Crippen molar-refractivity contribution in [1.29, 1.82) is 0 Å². The van der Waals surface area contributed by atoms with Crippen molar-refractivity contribution in [3.63, 3.8) is 0 Å². The summed E-state index contributed by atoms with van der Waals surface area (Å²) in [6.07, 6.45) is 1.41. The molecular formula is C14H22BNO2. The highest BCUT2D eigenvalue weighted by atomic mass is 16.5. The molecule has 1 aromatic rings. The van der Waals surface area contributed by atoms with Crippen molar-refractivity contribution in [2.24, 2.45) is 0 Å². The molecular weight excluding hydrogens is 225 g/mol. The molecule has 0 saturated carbocycles. The third-order valence-electron chi connectivity index (χ3n) is 2.83. The molecule has 0 aliphatic carbocycles. The van der Waals surface area contributed by atoms with Crippen molar-refractivity contribution in [1.82, 2.24) is 5.32 Å². The minimum absolute atomic E-state index is 0.152. The molecule has 0 aliphatic heterocycles. The van der Waals surface area contributed by atoms with Crippen LogP contribution in [0.25, 0.3) is 0 Å². The second-order valence-corrected chi connectivity index (χ2v) is 4.97. The largest absolute Gasteiger partial charge is 0.469 e. The van der Waals surface area contributed by atoms with E-state index in [0.717, 1.165) is 13.0 Å². The highest BCUT2D eigenvalue weighted by molar-refractivity contribution is 6.11. The fraction of sp³-hybridized carbons (Fsp3) is 0.500. The van der Waals surface area contributed by atoms with E-state index < -0.39 is 0 Å². The summed E-state index contributed by atoms with van der Waals surface area (Å²) >= 11 is 0. The van der Waals surface area contributed by atoms with Gasteiger partial charge in [0.15, 0.2) is 0 Å². The molecule has 0 fully saturated rings. The van der Waals surface area contributed by atoms with E-state index in [1.54, 1.807) is 0 Å². The number of hydrogen-bond acceptors (Lipinski definition) is 3. The maximum Gasteiger partial charge on any atom is 0.307 e. The van der Waals surface area contributed by atoms with Gasteiger partial charge in [-0.25, -0.2) is 0 Å². The molecule has 0 saturated heterocycles. The molecule has 1 N–H and O–H groups in total. The summed E-state index contributed by atoms with van der Waals surface area (Å²) in [4.78, 5) is 11.4. The smallest absolute Gasteiger partial charge is 0.307 e. The summed E-state index contributed by atoms with van der Waals surface area (Å²) in [7, 11) is 3.60. The van der Waals surface area contributed by atoms with Crippen molar-refractivity contribution in [2.75, 3.05) is 7.11 Å². The zero-order valence-electron chi connectivity index (χ0n) is 11.5. The average Bonchev–Trinajstić information content (AvgIpc) is 2.36. The zero-order chi connectivity index (χ0) is 13.4. The molecule has 1 rings (SSSR count). The third-order valence-corrected chi connectivity index (χ3v) is 2.83. The van der Waals surface area contributed by atoms with Crippen LogP contribution in [0, 0.1) is 0 Å². The van der Waals surface area contributed by atoms with Crippen LogP contribution in [-0.4, -0.2) is 27.0 Å². The van der Waals surface area contributed by atoms with Crippen molar-refractivity contribution in [3.05, 3.63) is 35.9 Å². The Hall–Kier alpha value is -1.29. The molecule has 2 unspecified atom stereocenters. The lowest BCUT2D eigenvalue weighted by atomic mass is 9.83. The van der Waals surface area contributed by atoms with Crippen LogP contribution in [0.2, 0.25) is 5.82 Å². The first-order valence-electron chi connectivity index (χ1n) is 6.46. The number of esters is 1. The normalized spacial score (nSPS) is 13.9. The number of carbonyl (C=O) groups is 1. The van der Waals surface area contributed by atoms with Gasteiger partial charge in [0.05, 0.1) is 13.5 Å². The van der Waals surface area contributed by atoms with Gasteiger partial charge in [-0.2, -0.15) is 0 Å².